The van der Waals surface area contributed by atoms with Crippen LogP contribution in [0, 0.1) is 5.41 Å². The van der Waals surface area contributed by atoms with Gasteiger partial charge in [0.25, 0.3) is 0 Å². The van der Waals surface area contributed by atoms with E-state index in [0.717, 1.165) is 11.1 Å². The number of ether oxygens (including phenoxy) is 4. The van der Waals surface area contributed by atoms with E-state index in [2.05, 4.69) is 0 Å². The average Bonchev–Trinajstić information content (AvgIpc) is 2.75. The summed E-state index contributed by atoms with van der Waals surface area (Å²) in [5, 5.41) is 9.60. The summed E-state index contributed by atoms with van der Waals surface area (Å²) in [5.74, 6) is -1.71. The highest BCUT2D eigenvalue weighted by atomic mass is 35.5. The van der Waals surface area contributed by atoms with Crippen molar-refractivity contribution in [2.24, 2.45) is 5.41 Å². The van der Waals surface area contributed by atoms with Crippen LogP contribution in [-0.2, 0) is 45.8 Å². The monoisotopic (exact) mass is 458 g/mol. The minimum Gasteiger partial charge on any atom is -0.460 e. The van der Waals surface area contributed by atoms with Gasteiger partial charge in [-0.15, -0.1) is 11.6 Å². The highest BCUT2D eigenvalue weighted by molar-refractivity contribution is 6.17. The second kappa shape index (κ2) is 12.3. The minimum absolute atomic E-state index is 0.0430. The maximum Gasteiger partial charge on any atom is 0.509 e. The number of hydrogen-bond acceptors (Lipinski definition) is 9. The molecule has 0 saturated heterocycles. The van der Waals surface area contributed by atoms with Gasteiger partial charge in [0.05, 0.1) is 6.61 Å². The largest absolute Gasteiger partial charge is 0.509 e. The molecule has 9 nitrogen and oxygen atoms in total. The number of esters is 2. The molecule has 1 aromatic rings. The zero-order chi connectivity index (χ0) is 23.6. The molecule has 31 heavy (non-hydrogen) atoms. The number of hydrogen-bond donors (Lipinski definition) is 1. The zero-order valence-electron chi connectivity index (χ0n) is 17.9. The van der Waals surface area contributed by atoms with Gasteiger partial charge in [0, 0.05) is 5.88 Å². The molecule has 0 radical (unpaired) electrons. The average molecular weight is 459 g/mol. The lowest BCUT2D eigenvalue weighted by molar-refractivity contribution is -0.165. The van der Waals surface area contributed by atoms with Crippen LogP contribution in [0.15, 0.2) is 24.3 Å². The maximum absolute atomic E-state index is 12.4. The van der Waals surface area contributed by atoms with E-state index < -0.39 is 48.9 Å². The van der Waals surface area contributed by atoms with Gasteiger partial charge < -0.3 is 24.1 Å². The number of alkyl halides is 1. The van der Waals surface area contributed by atoms with Crippen LogP contribution in [-0.4, -0.2) is 54.4 Å². The van der Waals surface area contributed by atoms with Crippen LogP contribution in [0.3, 0.4) is 0 Å². The highest BCUT2D eigenvalue weighted by Crippen LogP contribution is 2.20. The third kappa shape index (κ3) is 8.55. The lowest BCUT2D eigenvalue weighted by atomic mass is 9.93. The fraction of sp³-hybridized carbons (Fsp3) is 0.524. The summed E-state index contributed by atoms with van der Waals surface area (Å²) in [6, 6.07) is 7.10. The third-order valence-corrected chi connectivity index (χ3v) is 4.68. The molecular formula is C21H27ClO9. The van der Waals surface area contributed by atoms with Crippen LogP contribution in [0.1, 0.15) is 38.8 Å². The Balaban J connectivity index is 2.54. The predicted octanol–water partition coefficient (Wildman–Crippen LogP) is 2.53. The molecule has 172 valence electrons. The van der Waals surface area contributed by atoms with Crippen molar-refractivity contribution in [3.8, 4) is 0 Å². The standard InChI is InChI=1S/C21H27ClO9/c1-13(24)14(2)30-18(25)15(3)31-20(27)29-12-21(4,11-23)19(26)28-10-17-7-5-16(9-22)6-8-17/h5-8,14-15,23H,9-12H2,1-4H3/t14-,15-,21?/m1/s1. The molecule has 0 bridgehead atoms. The number of aliphatic hydroxyl groups excluding tert-OH is 1. The van der Waals surface area contributed by atoms with Crippen LogP contribution < -0.4 is 0 Å². The molecule has 0 saturated carbocycles. The summed E-state index contributed by atoms with van der Waals surface area (Å²) in [6.07, 6.45) is -3.56. The van der Waals surface area contributed by atoms with E-state index in [4.69, 9.17) is 30.5 Å². The molecule has 0 aliphatic heterocycles. The molecule has 1 unspecified atom stereocenters. The van der Waals surface area contributed by atoms with Crippen LogP contribution >= 0.6 is 11.6 Å². The van der Waals surface area contributed by atoms with Crippen LogP contribution in [0.2, 0.25) is 0 Å². The quantitative estimate of drug-likeness (QED) is 0.302. The van der Waals surface area contributed by atoms with Crippen molar-refractivity contribution in [2.75, 3.05) is 13.2 Å². The highest BCUT2D eigenvalue weighted by Gasteiger charge is 2.37. The van der Waals surface area contributed by atoms with Crippen LogP contribution in [0.5, 0.6) is 0 Å². The van der Waals surface area contributed by atoms with Gasteiger partial charge in [0.15, 0.2) is 18.0 Å². The van der Waals surface area contributed by atoms with Crippen molar-refractivity contribution in [3.05, 3.63) is 35.4 Å². The van der Waals surface area contributed by atoms with Gasteiger partial charge in [-0.2, -0.15) is 0 Å². The topological polar surface area (TPSA) is 125 Å². The van der Waals surface area contributed by atoms with Gasteiger partial charge in [-0.3, -0.25) is 9.59 Å². The SMILES string of the molecule is CC(=O)[C@@H](C)OC(=O)[C@@H](C)OC(=O)OCC(C)(CO)C(=O)OCc1ccc(CCl)cc1. The van der Waals surface area contributed by atoms with Crippen molar-refractivity contribution in [1.29, 1.82) is 0 Å². The summed E-state index contributed by atoms with van der Waals surface area (Å²) in [6.45, 7) is 3.99. The van der Waals surface area contributed by atoms with E-state index in [-0.39, 0.29) is 12.4 Å². The number of carbonyl (C=O) groups excluding carboxylic acids is 4. The first-order valence-electron chi connectivity index (χ1n) is 9.48. The Morgan fingerprint density at radius 3 is 2.10 bits per heavy atom. The molecule has 10 heteroatoms. The van der Waals surface area contributed by atoms with Gasteiger partial charge in [-0.05, 0) is 38.8 Å². The first kappa shape index (κ1) is 26.4. The van der Waals surface area contributed by atoms with Gasteiger partial charge in [0.1, 0.15) is 18.6 Å². The molecule has 0 aromatic heterocycles. The number of benzene rings is 1. The van der Waals surface area contributed by atoms with E-state index in [1.54, 1.807) is 24.3 Å². The molecule has 3 atom stereocenters. The third-order valence-electron chi connectivity index (χ3n) is 4.37. The van der Waals surface area contributed by atoms with Crippen molar-refractivity contribution >= 4 is 35.5 Å². The first-order chi connectivity index (χ1) is 14.5. The Morgan fingerprint density at radius 1 is 1.00 bits per heavy atom. The molecular weight excluding hydrogens is 432 g/mol. The molecule has 1 aromatic carbocycles. The molecule has 0 aliphatic rings. The van der Waals surface area contributed by atoms with Gasteiger partial charge in [-0.25, -0.2) is 9.59 Å². The Hall–Kier alpha value is -2.65. The van der Waals surface area contributed by atoms with Crippen LogP contribution in [0.4, 0.5) is 4.79 Å². The normalized spacial score (nSPS) is 14.5. The van der Waals surface area contributed by atoms with Crippen molar-refractivity contribution in [1.82, 2.24) is 0 Å². The Labute approximate surface area is 185 Å². The number of ketones is 1. The van der Waals surface area contributed by atoms with Crippen molar-refractivity contribution < 1.29 is 43.2 Å². The second-order valence-electron chi connectivity index (χ2n) is 7.23. The summed E-state index contributed by atoms with van der Waals surface area (Å²) in [4.78, 5) is 47.1. The fourth-order valence-electron chi connectivity index (χ4n) is 2.01. The molecule has 0 aliphatic carbocycles. The van der Waals surface area contributed by atoms with E-state index in [1.165, 1.54) is 27.7 Å². The molecule has 0 amide bonds. The number of Topliss-reactive ketones (excluding diaryl/α,β-unsaturated/α-hetero) is 1. The molecule has 0 fully saturated rings. The first-order valence-corrected chi connectivity index (χ1v) is 10.0. The summed E-state index contributed by atoms with van der Waals surface area (Å²) < 4.78 is 19.7. The van der Waals surface area contributed by atoms with Gasteiger partial charge in [0.2, 0.25) is 0 Å². The van der Waals surface area contributed by atoms with Crippen molar-refractivity contribution in [3.63, 3.8) is 0 Å². The fourth-order valence-corrected chi connectivity index (χ4v) is 2.19. The van der Waals surface area contributed by atoms with E-state index in [0.29, 0.717) is 5.88 Å². The summed E-state index contributed by atoms with van der Waals surface area (Å²) in [7, 11) is 0. The lowest BCUT2D eigenvalue weighted by Gasteiger charge is -2.24. The van der Waals surface area contributed by atoms with E-state index in [1.807, 2.05) is 0 Å². The van der Waals surface area contributed by atoms with E-state index in [9.17, 15) is 24.3 Å². The number of aliphatic hydroxyl groups is 1. The van der Waals surface area contributed by atoms with Gasteiger partial charge in [-0.1, -0.05) is 24.3 Å². The smallest absolute Gasteiger partial charge is 0.460 e. The zero-order valence-corrected chi connectivity index (χ0v) is 18.6. The maximum atomic E-state index is 12.4. The summed E-state index contributed by atoms with van der Waals surface area (Å²) in [5.41, 5.74) is 0.0924. The molecule has 1 rings (SSSR count). The molecule has 1 N–H and O–H groups in total. The Bertz CT molecular complexity index is 778. The molecule has 0 heterocycles. The number of carbonyl (C=O) groups is 4. The van der Waals surface area contributed by atoms with E-state index >= 15 is 0 Å². The summed E-state index contributed by atoms with van der Waals surface area (Å²) >= 11 is 5.72. The predicted molar refractivity (Wildman–Crippen MR) is 109 cm³/mol. The Kier molecular flexibility index (Phi) is 10.4. The number of halogens is 1. The lowest BCUT2D eigenvalue weighted by Crippen LogP contribution is -2.39. The molecule has 0 spiro atoms. The number of rotatable bonds is 11. The van der Waals surface area contributed by atoms with Crippen molar-refractivity contribution in [2.45, 2.75) is 52.4 Å². The second-order valence-corrected chi connectivity index (χ2v) is 7.50. The van der Waals surface area contributed by atoms with Crippen LogP contribution in [0.25, 0.3) is 0 Å². The minimum atomic E-state index is -1.54. The Morgan fingerprint density at radius 2 is 1.58 bits per heavy atom. The van der Waals surface area contributed by atoms with Gasteiger partial charge >= 0.3 is 18.1 Å².